The fourth-order valence-corrected chi connectivity index (χ4v) is 1.79. The van der Waals surface area contributed by atoms with E-state index in [9.17, 15) is 9.59 Å². The molecule has 0 spiro atoms. The first-order valence-corrected chi connectivity index (χ1v) is 6.74. The number of rotatable bonds is 5. The molecule has 0 aliphatic carbocycles. The van der Waals surface area contributed by atoms with Gasteiger partial charge in [0.1, 0.15) is 11.5 Å². The molecule has 0 aliphatic heterocycles. The number of carbonyl (C=O) groups excluding carboxylic acids is 2. The Labute approximate surface area is 127 Å². The normalized spacial score (nSPS) is 10.1. The lowest BCUT2D eigenvalue weighted by Gasteiger charge is -2.05. The molecular weight excluding hydrogens is 286 g/mol. The molecule has 2 N–H and O–H groups in total. The van der Waals surface area contributed by atoms with Gasteiger partial charge >= 0.3 is 11.8 Å². The summed E-state index contributed by atoms with van der Waals surface area (Å²) in [5, 5.41) is 8.48. The van der Waals surface area contributed by atoms with Gasteiger partial charge in [0.25, 0.3) is 0 Å². The summed E-state index contributed by atoms with van der Waals surface area (Å²) < 4.78 is 9.86. The van der Waals surface area contributed by atoms with E-state index in [2.05, 4.69) is 15.8 Å². The average molecular weight is 303 g/mol. The number of hydrogen-bond donors (Lipinski definition) is 2. The van der Waals surface area contributed by atoms with Gasteiger partial charge < -0.3 is 14.6 Å². The summed E-state index contributed by atoms with van der Waals surface area (Å²) in [7, 11) is 1.60. The third-order valence-electron chi connectivity index (χ3n) is 2.93. The zero-order valence-corrected chi connectivity index (χ0v) is 12.4. The molecule has 2 amide bonds. The highest BCUT2D eigenvalue weighted by Gasteiger charge is 2.14. The number of benzene rings is 1. The first-order chi connectivity index (χ1) is 10.6. The van der Waals surface area contributed by atoms with Gasteiger partial charge in [-0.3, -0.25) is 14.9 Å². The summed E-state index contributed by atoms with van der Waals surface area (Å²) in [6.45, 7) is 2.05. The fourth-order valence-electron chi connectivity index (χ4n) is 1.79. The number of aromatic nitrogens is 1. The maximum absolute atomic E-state index is 11.6. The van der Waals surface area contributed by atoms with Crippen molar-refractivity contribution in [2.24, 2.45) is 0 Å². The molecule has 0 radical (unpaired) electrons. The zero-order chi connectivity index (χ0) is 15.9. The highest BCUT2D eigenvalue weighted by atomic mass is 16.5. The summed E-state index contributed by atoms with van der Waals surface area (Å²) in [5.41, 5.74) is 1.04. The van der Waals surface area contributed by atoms with Crippen molar-refractivity contribution in [1.29, 1.82) is 0 Å². The van der Waals surface area contributed by atoms with Gasteiger partial charge in [0.05, 0.1) is 7.11 Å². The van der Waals surface area contributed by atoms with E-state index < -0.39 is 11.8 Å². The Morgan fingerprint density at radius 3 is 2.55 bits per heavy atom. The van der Waals surface area contributed by atoms with Crippen LogP contribution in [0.25, 0.3) is 0 Å². The minimum atomic E-state index is -0.775. The molecule has 0 unspecified atom stereocenters. The third-order valence-corrected chi connectivity index (χ3v) is 2.93. The number of nitrogens with zero attached hydrogens (tertiary/aromatic N) is 1. The molecule has 0 bridgehead atoms. The van der Waals surface area contributed by atoms with Crippen LogP contribution in [-0.4, -0.2) is 30.6 Å². The van der Waals surface area contributed by atoms with Crippen LogP contribution in [0.5, 0.6) is 5.75 Å². The maximum Gasteiger partial charge on any atom is 0.314 e. The van der Waals surface area contributed by atoms with Crippen molar-refractivity contribution in [2.45, 2.75) is 13.3 Å². The SMILES string of the molecule is COc1ccc(CCNC(=O)C(=O)Nc2cc(C)on2)cc1. The topological polar surface area (TPSA) is 93.5 Å². The molecule has 1 heterocycles. The van der Waals surface area contributed by atoms with E-state index in [1.807, 2.05) is 24.3 Å². The number of carbonyl (C=O) groups is 2. The molecule has 22 heavy (non-hydrogen) atoms. The molecule has 1 aromatic carbocycles. The monoisotopic (exact) mass is 303 g/mol. The van der Waals surface area contributed by atoms with Crippen LogP contribution in [-0.2, 0) is 16.0 Å². The largest absolute Gasteiger partial charge is 0.497 e. The molecule has 0 atom stereocenters. The van der Waals surface area contributed by atoms with Gasteiger partial charge in [-0.25, -0.2) is 0 Å². The second kappa shape index (κ2) is 7.26. The summed E-state index contributed by atoms with van der Waals surface area (Å²) in [4.78, 5) is 23.3. The maximum atomic E-state index is 11.6. The Bertz CT molecular complexity index is 649. The molecule has 116 valence electrons. The lowest BCUT2D eigenvalue weighted by Crippen LogP contribution is -2.36. The Balaban J connectivity index is 1.75. The predicted octanol–water partition coefficient (Wildman–Crippen LogP) is 1.29. The number of amides is 2. The molecular formula is C15H17N3O4. The fraction of sp³-hybridized carbons (Fsp3) is 0.267. The van der Waals surface area contributed by atoms with Crippen molar-refractivity contribution < 1.29 is 18.8 Å². The van der Waals surface area contributed by atoms with Gasteiger partial charge in [0, 0.05) is 12.6 Å². The van der Waals surface area contributed by atoms with Crippen LogP contribution < -0.4 is 15.4 Å². The number of ether oxygens (including phenoxy) is 1. The number of hydrogen-bond acceptors (Lipinski definition) is 5. The average Bonchev–Trinajstić information content (AvgIpc) is 2.93. The van der Waals surface area contributed by atoms with Gasteiger partial charge in [-0.1, -0.05) is 17.3 Å². The second-order valence-electron chi connectivity index (χ2n) is 4.63. The van der Waals surface area contributed by atoms with Gasteiger partial charge in [0.15, 0.2) is 5.82 Å². The summed E-state index contributed by atoms with van der Waals surface area (Å²) in [5.74, 6) is 0.0512. The van der Waals surface area contributed by atoms with Crippen molar-refractivity contribution in [3.05, 3.63) is 41.7 Å². The number of anilines is 1. The summed E-state index contributed by atoms with van der Waals surface area (Å²) in [6, 6.07) is 9.03. The molecule has 7 heteroatoms. The van der Waals surface area contributed by atoms with E-state index in [0.717, 1.165) is 11.3 Å². The van der Waals surface area contributed by atoms with E-state index in [1.165, 1.54) is 6.07 Å². The van der Waals surface area contributed by atoms with Crippen molar-refractivity contribution in [3.8, 4) is 5.75 Å². The molecule has 0 saturated carbocycles. The Hall–Kier alpha value is -2.83. The standard InChI is InChI=1S/C15H17N3O4/c1-10-9-13(18-22-10)17-15(20)14(19)16-8-7-11-3-5-12(21-2)6-4-11/h3-6,9H,7-8H2,1-2H3,(H,16,19)(H,17,18,20). The Kier molecular flexibility index (Phi) is 5.13. The van der Waals surface area contributed by atoms with E-state index in [0.29, 0.717) is 18.7 Å². The molecule has 7 nitrogen and oxygen atoms in total. The lowest BCUT2D eigenvalue weighted by molar-refractivity contribution is -0.136. The molecule has 0 fully saturated rings. The van der Waals surface area contributed by atoms with Crippen molar-refractivity contribution in [3.63, 3.8) is 0 Å². The Morgan fingerprint density at radius 1 is 1.23 bits per heavy atom. The van der Waals surface area contributed by atoms with Crippen LogP contribution in [0.3, 0.4) is 0 Å². The van der Waals surface area contributed by atoms with Crippen molar-refractivity contribution >= 4 is 17.6 Å². The van der Waals surface area contributed by atoms with Crippen molar-refractivity contribution in [2.75, 3.05) is 19.0 Å². The molecule has 1 aromatic heterocycles. The van der Waals surface area contributed by atoms with Crippen LogP contribution in [0.2, 0.25) is 0 Å². The zero-order valence-electron chi connectivity index (χ0n) is 12.4. The Morgan fingerprint density at radius 2 is 1.95 bits per heavy atom. The smallest absolute Gasteiger partial charge is 0.314 e. The molecule has 0 saturated heterocycles. The van der Waals surface area contributed by atoms with Crippen LogP contribution in [0, 0.1) is 6.92 Å². The summed E-state index contributed by atoms with van der Waals surface area (Å²) >= 11 is 0. The van der Waals surface area contributed by atoms with Crippen LogP contribution in [0.1, 0.15) is 11.3 Å². The van der Waals surface area contributed by atoms with E-state index >= 15 is 0 Å². The van der Waals surface area contributed by atoms with Crippen LogP contribution in [0.15, 0.2) is 34.9 Å². The number of nitrogens with one attached hydrogen (secondary N) is 2. The van der Waals surface area contributed by atoms with E-state index in [4.69, 9.17) is 9.26 Å². The quantitative estimate of drug-likeness (QED) is 0.812. The summed E-state index contributed by atoms with van der Waals surface area (Å²) in [6.07, 6.45) is 0.617. The molecule has 0 aliphatic rings. The first kappa shape index (κ1) is 15.6. The third kappa shape index (κ3) is 4.34. The van der Waals surface area contributed by atoms with E-state index in [-0.39, 0.29) is 5.82 Å². The van der Waals surface area contributed by atoms with Crippen LogP contribution >= 0.6 is 0 Å². The van der Waals surface area contributed by atoms with Gasteiger partial charge in [0.2, 0.25) is 0 Å². The second-order valence-corrected chi connectivity index (χ2v) is 4.63. The van der Waals surface area contributed by atoms with Gasteiger partial charge in [-0.2, -0.15) is 0 Å². The van der Waals surface area contributed by atoms with E-state index in [1.54, 1.807) is 14.0 Å². The van der Waals surface area contributed by atoms with Gasteiger partial charge in [-0.05, 0) is 31.0 Å². The number of aryl methyl sites for hydroxylation is 1. The van der Waals surface area contributed by atoms with Crippen LogP contribution in [0.4, 0.5) is 5.82 Å². The highest BCUT2D eigenvalue weighted by molar-refractivity contribution is 6.39. The lowest BCUT2D eigenvalue weighted by atomic mass is 10.1. The first-order valence-electron chi connectivity index (χ1n) is 6.74. The minimum absolute atomic E-state index is 0.216. The predicted molar refractivity (Wildman–Crippen MR) is 79.6 cm³/mol. The minimum Gasteiger partial charge on any atom is -0.497 e. The number of methoxy groups -OCH3 is 1. The molecule has 2 aromatic rings. The van der Waals surface area contributed by atoms with Crippen molar-refractivity contribution in [1.82, 2.24) is 10.5 Å². The van der Waals surface area contributed by atoms with Gasteiger partial charge in [-0.15, -0.1) is 0 Å². The molecule has 2 rings (SSSR count). The highest BCUT2D eigenvalue weighted by Crippen LogP contribution is 2.11.